The SMILES string of the molecule is COc1cc(C)c(NC(=O)CCCNC(=O)c2ccc(F)cc2F)cc1OC. The van der Waals surface area contributed by atoms with Crippen LogP contribution in [0.4, 0.5) is 14.5 Å². The normalized spacial score (nSPS) is 10.3. The van der Waals surface area contributed by atoms with Gasteiger partial charge >= 0.3 is 0 Å². The molecule has 2 aromatic rings. The van der Waals surface area contributed by atoms with Gasteiger partial charge in [-0.2, -0.15) is 0 Å². The van der Waals surface area contributed by atoms with Crippen molar-refractivity contribution < 1.29 is 27.8 Å². The Bertz CT molecular complexity index is 872. The third-order valence-corrected chi connectivity index (χ3v) is 4.05. The number of methoxy groups -OCH3 is 2. The number of rotatable bonds is 8. The Kier molecular flexibility index (Phi) is 7.31. The van der Waals surface area contributed by atoms with Gasteiger partial charge in [0, 0.05) is 30.8 Å². The van der Waals surface area contributed by atoms with Crippen molar-refractivity contribution in [1.29, 1.82) is 0 Å². The number of carbonyl (C=O) groups is 2. The van der Waals surface area contributed by atoms with E-state index in [1.807, 2.05) is 6.92 Å². The first-order valence-corrected chi connectivity index (χ1v) is 8.61. The molecule has 2 aromatic carbocycles. The van der Waals surface area contributed by atoms with Crippen LogP contribution in [0.15, 0.2) is 30.3 Å². The van der Waals surface area contributed by atoms with Gasteiger partial charge in [0.15, 0.2) is 11.5 Å². The largest absolute Gasteiger partial charge is 0.493 e. The van der Waals surface area contributed by atoms with E-state index in [4.69, 9.17) is 9.47 Å². The molecule has 0 aliphatic rings. The van der Waals surface area contributed by atoms with Crippen LogP contribution in [0.2, 0.25) is 0 Å². The quantitative estimate of drug-likeness (QED) is 0.675. The highest BCUT2D eigenvalue weighted by Crippen LogP contribution is 2.32. The van der Waals surface area contributed by atoms with Crippen LogP contribution in [0.3, 0.4) is 0 Å². The molecule has 0 atom stereocenters. The highest BCUT2D eigenvalue weighted by atomic mass is 19.1. The lowest BCUT2D eigenvalue weighted by atomic mass is 10.1. The van der Waals surface area contributed by atoms with Crippen LogP contribution >= 0.6 is 0 Å². The van der Waals surface area contributed by atoms with Crippen molar-refractivity contribution in [1.82, 2.24) is 5.32 Å². The second-order valence-corrected chi connectivity index (χ2v) is 6.05. The maximum atomic E-state index is 13.6. The molecular weight excluding hydrogens is 370 g/mol. The molecule has 2 N–H and O–H groups in total. The minimum Gasteiger partial charge on any atom is -0.493 e. The van der Waals surface area contributed by atoms with Crippen LogP contribution < -0.4 is 20.1 Å². The zero-order chi connectivity index (χ0) is 20.7. The van der Waals surface area contributed by atoms with Gasteiger partial charge in [-0.3, -0.25) is 9.59 Å². The number of benzene rings is 2. The zero-order valence-electron chi connectivity index (χ0n) is 15.9. The molecule has 8 heteroatoms. The first kappa shape index (κ1) is 21.1. The summed E-state index contributed by atoms with van der Waals surface area (Å²) in [4.78, 5) is 24.0. The Morgan fingerprint density at radius 2 is 1.71 bits per heavy atom. The number of aryl methyl sites for hydroxylation is 1. The topological polar surface area (TPSA) is 76.7 Å². The van der Waals surface area contributed by atoms with Gasteiger partial charge in [-0.1, -0.05) is 0 Å². The van der Waals surface area contributed by atoms with Crippen molar-refractivity contribution in [3.8, 4) is 11.5 Å². The average Bonchev–Trinajstić information content (AvgIpc) is 2.66. The van der Waals surface area contributed by atoms with Crippen molar-refractivity contribution >= 4 is 17.5 Å². The summed E-state index contributed by atoms with van der Waals surface area (Å²) in [6.45, 7) is 2.00. The molecule has 0 spiro atoms. The molecule has 0 aliphatic carbocycles. The van der Waals surface area contributed by atoms with Gasteiger partial charge in [-0.25, -0.2) is 8.78 Å². The van der Waals surface area contributed by atoms with Gasteiger partial charge in [-0.05, 0) is 37.1 Å². The number of carbonyl (C=O) groups excluding carboxylic acids is 2. The summed E-state index contributed by atoms with van der Waals surface area (Å²) in [6, 6.07) is 6.16. The monoisotopic (exact) mass is 392 g/mol. The zero-order valence-corrected chi connectivity index (χ0v) is 15.9. The highest BCUT2D eigenvalue weighted by molar-refractivity contribution is 5.94. The summed E-state index contributed by atoms with van der Waals surface area (Å²) in [5.74, 6) is -1.52. The van der Waals surface area contributed by atoms with Crippen LogP contribution in [-0.4, -0.2) is 32.6 Å². The van der Waals surface area contributed by atoms with E-state index in [0.717, 1.165) is 17.7 Å². The number of hydrogen-bond acceptors (Lipinski definition) is 4. The van der Waals surface area contributed by atoms with Gasteiger partial charge in [0.25, 0.3) is 5.91 Å². The Hall–Kier alpha value is -3.16. The Labute approximate surface area is 161 Å². The Balaban J connectivity index is 1.84. The molecular formula is C20H22F2N2O4. The van der Waals surface area contributed by atoms with E-state index >= 15 is 0 Å². The van der Waals surface area contributed by atoms with Gasteiger partial charge in [0.1, 0.15) is 11.6 Å². The number of amides is 2. The summed E-state index contributed by atoms with van der Waals surface area (Å²) in [5, 5.41) is 5.29. The number of anilines is 1. The van der Waals surface area contributed by atoms with Crippen LogP contribution in [-0.2, 0) is 4.79 Å². The number of hydrogen-bond donors (Lipinski definition) is 2. The van der Waals surface area contributed by atoms with Gasteiger partial charge < -0.3 is 20.1 Å². The van der Waals surface area contributed by atoms with Gasteiger partial charge in [-0.15, -0.1) is 0 Å². The van der Waals surface area contributed by atoms with Gasteiger partial charge in [0.2, 0.25) is 5.91 Å². The summed E-state index contributed by atoms with van der Waals surface area (Å²) in [5.41, 5.74) is 1.16. The molecule has 28 heavy (non-hydrogen) atoms. The standard InChI is InChI=1S/C20H22F2N2O4/c1-12-9-17(27-2)18(28-3)11-16(12)24-19(25)5-4-8-23-20(26)14-7-6-13(21)10-15(14)22/h6-7,9-11H,4-5,8H2,1-3H3,(H,23,26)(H,24,25). The van der Waals surface area contributed by atoms with Crippen molar-refractivity contribution in [2.75, 3.05) is 26.1 Å². The molecule has 0 saturated carbocycles. The molecule has 0 saturated heterocycles. The van der Waals surface area contributed by atoms with E-state index < -0.39 is 17.5 Å². The lowest BCUT2D eigenvalue weighted by molar-refractivity contribution is -0.116. The van der Waals surface area contributed by atoms with E-state index in [9.17, 15) is 18.4 Å². The smallest absolute Gasteiger partial charge is 0.254 e. The number of ether oxygens (including phenoxy) is 2. The molecule has 0 bridgehead atoms. The van der Waals surface area contributed by atoms with E-state index in [-0.39, 0.29) is 24.4 Å². The van der Waals surface area contributed by atoms with Crippen molar-refractivity contribution in [3.63, 3.8) is 0 Å². The molecule has 0 aliphatic heterocycles. The first-order valence-electron chi connectivity index (χ1n) is 8.61. The number of halogens is 2. The Morgan fingerprint density at radius 3 is 2.36 bits per heavy atom. The summed E-state index contributed by atoms with van der Waals surface area (Å²) in [7, 11) is 3.03. The third-order valence-electron chi connectivity index (χ3n) is 4.05. The predicted octanol–water partition coefficient (Wildman–Crippen LogP) is 3.44. The summed E-state index contributed by atoms with van der Waals surface area (Å²) >= 11 is 0. The lowest BCUT2D eigenvalue weighted by Gasteiger charge is -2.13. The highest BCUT2D eigenvalue weighted by Gasteiger charge is 2.13. The molecule has 0 heterocycles. The van der Waals surface area contributed by atoms with Crippen LogP contribution in [0, 0.1) is 18.6 Å². The van der Waals surface area contributed by atoms with E-state index in [2.05, 4.69) is 10.6 Å². The second kappa shape index (κ2) is 9.68. The molecule has 150 valence electrons. The fourth-order valence-corrected chi connectivity index (χ4v) is 2.55. The Morgan fingerprint density at radius 1 is 1.04 bits per heavy atom. The maximum Gasteiger partial charge on any atom is 0.254 e. The maximum absolute atomic E-state index is 13.6. The summed E-state index contributed by atoms with van der Waals surface area (Å²) in [6.07, 6.45) is 0.507. The van der Waals surface area contributed by atoms with Gasteiger partial charge in [0.05, 0.1) is 19.8 Å². The molecule has 0 unspecified atom stereocenters. The van der Waals surface area contributed by atoms with E-state index in [0.29, 0.717) is 29.7 Å². The van der Waals surface area contributed by atoms with Crippen LogP contribution in [0.5, 0.6) is 11.5 Å². The van der Waals surface area contributed by atoms with Crippen LogP contribution in [0.25, 0.3) is 0 Å². The molecule has 6 nitrogen and oxygen atoms in total. The molecule has 2 amide bonds. The molecule has 2 rings (SSSR count). The number of nitrogens with one attached hydrogen (secondary N) is 2. The fourth-order valence-electron chi connectivity index (χ4n) is 2.55. The predicted molar refractivity (Wildman–Crippen MR) is 101 cm³/mol. The van der Waals surface area contributed by atoms with Crippen molar-refractivity contribution in [3.05, 3.63) is 53.1 Å². The van der Waals surface area contributed by atoms with Crippen LogP contribution in [0.1, 0.15) is 28.8 Å². The molecule has 0 radical (unpaired) electrons. The molecule has 0 aromatic heterocycles. The fraction of sp³-hybridized carbons (Fsp3) is 0.300. The second-order valence-electron chi connectivity index (χ2n) is 6.05. The summed E-state index contributed by atoms with van der Waals surface area (Å²) < 4.78 is 36.8. The van der Waals surface area contributed by atoms with E-state index in [1.165, 1.54) is 14.2 Å². The van der Waals surface area contributed by atoms with E-state index in [1.54, 1.807) is 12.1 Å². The lowest BCUT2D eigenvalue weighted by Crippen LogP contribution is -2.26. The average molecular weight is 392 g/mol. The van der Waals surface area contributed by atoms with Crippen molar-refractivity contribution in [2.45, 2.75) is 19.8 Å². The minimum atomic E-state index is -0.931. The first-order chi connectivity index (χ1) is 13.3. The molecule has 0 fully saturated rings. The van der Waals surface area contributed by atoms with Crippen molar-refractivity contribution in [2.24, 2.45) is 0 Å². The third kappa shape index (κ3) is 5.42. The minimum absolute atomic E-state index is 0.153.